The average Bonchev–Trinajstić information content (AvgIpc) is 2.72. The van der Waals surface area contributed by atoms with Gasteiger partial charge in [0.1, 0.15) is 0 Å². The van der Waals surface area contributed by atoms with Crippen LogP contribution in [0.4, 0.5) is 0 Å². The van der Waals surface area contributed by atoms with Crippen molar-refractivity contribution in [3.63, 3.8) is 0 Å². The second-order valence-electron chi connectivity index (χ2n) is 6.80. The third kappa shape index (κ3) is 4.53. The molecule has 2 aromatic rings. The van der Waals surface area contributed by atoms with Gasteiger partial charge in [0.05, 0.1) is 18.3 Å². The van der Waals surface area contributed by atoms with Crippen molar-refractivity contribution in [2.24, 2.45) is 0 Å². The van der Waals surface area contributed by atoms with Crippen molar-refractivity contribution < 1.29 is 19.4 Å². The molecule has 1 amide bonds. The number of hydrogen-bond donors (Lipinski definition) is 3. The lowest BCUT2D eigenvalue weighted by molar-refractivity contribution is 0.0170. The van der Waals surface area contributed by atoms with Gasteiger partial charge < -0.3 is 20.5 Å². The fourth-order valence-electron chi connectivity index (χ4n) is 3.27. The zero-order valence-electron chi connectivity index (χ0n) is 15.3. The van der Waals surface area contributed by atoms with Gasteiger partial charge in [-0.3, -0.25) is 4.79 Å². The van der Waals surface area contributed by atoms with Gasteiger partial charge in [-0.05, 0) is 48.7 Å². The fraction of sp³-hybridized carbons (Fsp3) is 0.333. The summed E-state index contributed by atoms with van der Waals surface area (Å²) in [5.74, 6) is -0.636. The van der Waals surface area contributed by atoms with Crippen LogP contribution in [0.25, 0.3) is 11.1 Å². The highest BCUT2D eigenvalue weighted by molar-refractivity contribution is 5.98. The van der Waals surface area contributed by atoms with Crippen LogP contribution in [-0.2, 0) is 4.74 Å². The first-order valence-electron chi connectivity index (χ1n) is 9.01. The smallest absolute Gasteiger partial charge is 0.338 e. The number of methoxy groups -OCH3 is 1. The van der Waals surface area contributed by atoms with E-state index in [1.807, 2.05) is 12.1 Å². The summed E-state index contributed by atoms with van der Waals surface area (Å²) in [7, 11) is 1.35. The van der Waals surface area contributed by atoms with Crippen molar-refractivity contribution >= 4 is 11.9 Å². The number of esters is 1. The lowest BCUT2D eigenvalue weighted by Gasteiger charge is -2.32. The summed E-state index contributed by atoms with van der Waals surface area (Å²) in [4.78, 5) is 24.3. The van der Waals surface area contributed by atoms with Crippen molar-refractivity contribution in [1.29, 1.82) is 0 Å². The van der Waals surface area contributed by atoms with Crippen LogP contribution in [0.15, 0.2) is 48.5 Å². The molecule has 0 bridgehead atoms. The second kappa shape index (κ2) is 8.33. The molecule has 27 heavy (non-hydrogen) atoms. The van der Waals surface area contributed by atoms with Crippen molar-refractivity contribution in [3.8, 4) is 11.1 Å². The highest BCUT2D eigenvalue weighted by atomic mass is 16.5. The highest BCUT2D eigenvalue weighted by Crippen LogP contribution is 2.24. The largest absolute Gasteiger partial charge is 0.465 e. The first kappa shape index (κ1) is 19.1. The van der Waals surface area contributed by atoms with Crippen LogP contribution in [0, 0.1) is 0 Å². The Bertz CT molecular complexity index is 811. The Hall–Kier alpha value is -2.70. The Balaban J connectivity index is 1.70. The third-order valence-electron chi connectivity index (χ3n) is 4.82. The maximum absolute atomic E-state index is 12.4. The monoisotopic (exact) mass is 368 g/mol. The van der Waals surface area contributed by atoms with Crippen molar-refractivity contribution in [1.82, 2.24) is 10.6 Å². The second-order valence-corrected chi connectivity index (χ2v) is 6.80. The molecule has 1 aliphatic heterocycles. The minimum atomic E-state index is -0.896. The molecule has 3 N–H and O–H groups in total. The van der Waals surface area contributed by atoms with E-state index in [1.165, 1.54) is 7.11 Å². The Morgan fingerprint density at radius 1 is 1.19 bits per heavy atom. The number of benzene rings is 2. The molecule has 3 rings (SSSR count). The maximum Gasteiger partial charge on any atom is 0.338 e. The number of carbonyl (C=O) groups is 2. The Labute approximate surface area is 158 Å². The van der Waals surface area contributed by atoms with Crippen LogP contribution in [0.1, 0.15) is 33.6 Å². The number of rotatable bonds is 5. The summed E-state index contributed by atoms with van der Waals surface area (Å²) < 4.78 is 4.83. The molecule has 1 fully saturated rings. The number of ether oxygens (including phenoxy) is 1. The third-order valence-corrected chi connectivity index (χ3v) is 4.82. The van der Waals surface area contributed by atoms with Gasteiger partial charge in [0.15, 0.2) is 0 Å². The van der Waals surface area contributed by atoms with Gasteiger partial charge in [-0.25, -0.2) is 4.79 Å². The van der Waals surface area contributed by atoms with Crippen molar-refractivity contribution in [3.05, 3.63) is 59.7 Å². The summed E-state index contributed by atoms with van der Waals surface area (Å²) in [5.41, 5.74) is 1.65. The molecular weight excluding hydrogens is 344 g/mol. The number of hydrogen-bond acceptors (Lipinski definition) is 5. The lowest BCUT2D eigenvalue weighted by atomic mass is 9.94. The molecule has 0 radical (unpaired) electrons. The molecule has 142 valence electrons. The zero-order chi connectivity index (χ0) is 19.3. The molecule has 1 atom stereocenters. The van der Waals surface area contributed by atoms with E-state index >= 15 is 0 Å². The molecule has 0 aliphatic carbocycles. The minimum absolute atomic E-state index is 0.214. The van der Waals surface area contributed by atoms with Crippen LogP contribution < -0.4 is 10.6 Å². The SMILES string of the molecule is COC(=O)c1ccccc1-c1ccc(C(=O)NCC2(O)CCCNC2)cc1. The predicted molar refractivity (Wildman–Crippen MR) is 103 cm³/mol. The summed E-state index contributed by atoms with van der Waals surface area (Å²) in [6.45, 7) is 1.59. The number of aliphatic hydroxyl groups is 1. The molecule has 1 aliphatic rings. The van der Waals surface area contributed by atoms with E-state index in [4.69, 9.17) is 4.74 Å². The maximum atomic E-state index is 12.4. The summed E-state index contributed by atoms with van der Waals surface area (Å²) in [6.07, 6.45) is 1.56. The molecule has 1 heterocycles. The van der Waals surface area contributed by atoms with Crippen LogP contribution >= 0.6 is 0 Å². The molecular formula is C21H24N2O4. The van der Waals surface area contributed by atoms with Gasteiger partial charge in [-0.15, -0.1) is 0 Å². The van der Waals surface area contributed by atoms with E-state index in [0.29, 0.717) is 24.1 Å². The van der Waals surface area contributed by atoms with Gasteiger partial charge in [0.25, 0.3) is 5.91 Å². The molecule has 6 heteroatoms. The summed E-state index contributed by atoms with van der Waals surface area (Å²) in [6, 6.07) is 14.2. The Kier molecular flexibility index (Phi) is 5.88. The molecule has 0 spiro atoms. The summed E-state index contributed by atoms with van der Waals surface area (Å²) >= 11 is 0. The Morgan fingerprint density at radius 3 is 2.59 bits per heavy atom. The van der Waals surface area contributed by atoms with Gasteiger partial charge in [0.2, 0.25) is 0 Å². The lowest BCUT2D eigenvalue weighted by Crippen LogP contribution is -2.52. The van der Waals surface area contributed by atoms with E-state index in [2.05, 4.69) is 10.6 Å². The van der Waals surface area contributed by atoms with E-state index < -0.39 is 11.6 Å². The number of piperidine rings is 1. The van der Waals surface area contributed by atoms with Gasteiger partial charge in [-0.1, -0.05) is 30.3 Å². The molecule has 1 unspecified atom stereocenters. The first-order chi connectivity index (χ1) is 13.0. The number of β-amino-alcohol motifs (C(OH)–C–C–N with tert-alkyl or cyclic N) is 1. The molecule has 2 aromatic carbocycles. The minimum Gasteiger partial charge on any atom is -0.465 e. The highest BCUT2D eigenvalue weighted by Gasteiger charge is 2.29. The summed E-state index contributed by atoms with van der Waals surface area (Å²) in [5, 5.41) is 16.4. The van der Waals surface area contributed by atoms with E-state index in [-0.39, 0.29) is 12.5 Å². The zero-order valence-corrected chi connectivity index (χ0v) is 15.3. The predicted octanol–water partition coefficient (Wildman–Crippen LogP) is 1.98. The molecule has 0 aromatic heterocycles. The topological polar surface area (TPSA) is 87.7 Å². The quantitative estimate of drug-likeness (QED) is 0.703. The normalized spacial score (nSPS) is 19.3. The van der Waals surface area contributed by atoms with Crippen LogP contribution in [0.5, 0.6) is 0 Å². The number of carbonyl (C=O) groups excluding carboxylic acids is 2. The standard InChI is InChI=1S/C21H24N2O4/c1-27-20(25)18-6-3-2-5-17(18)15-7-9-16(10-8-15)19(24)23-14-21(26)11-4-12-22-13-21/h2-3,5-10,22,26H,4,11-14H2,1H3,(H,23,24). The van der Waals surface area contributed by atoms with Crippen LogP contribution in [-0.4, -0.2) is 49.3 Å². The number of amides is 1. The molecule has 0 saturated carbocycles. The van der Waals surface area contributed by atoms with Crippen LogP contribution in [0.3, 0.4) is 0 Å². The van der Waals surface area contributed by atoms with Crippen molar-refractivity contribution in [2.75, 3.05) is 26.7 Å². The van der Waals surface area contributed by atoms with Gasteiger partial charge in [0, 0.05) is 18.7 Å². The van der Waals surface area contributed by atoms with E-state index in [0.717, 1.165) is 24.1 Å². The fourth-order valence-corrected chi connectivity index (χ4v) is 3.27. The van der Waals surface area contributed by atoms with E-state index in [1.54, 1.807) is 36.4 Å². The number of nitrogens with one attached hydrogen (secondary N) is 2. The molecule has 1 saturated heterocycles. The van der Waals surface area contributed by atoms with Gasteiger partial charge >= 0.3 is 5.97 Å². The van der Waals surface area contributed by atoms with Crippen molar-refractivity contribution in [2.45, 2.75) is 18.4 Å². The van der Waals surface area contributed by atoms with E-state index in [9.17, 15) is 14.7 Å². The first-order valence-corrected chi connectivity index (χ1v) is 9.01. The van der Waals surface area contributed by atoms with Gasteiger partial charge in [-0.2, -0.15) is 0 Å². The molecule has 6 nitrogen and oxygen atoms in total. The van der Waals surface area contributed by atoms with Crippen LogP contribution in [0.2, 0.25) is 0 Å². The average molecular weight is 368 g/mol. The Morgan fingerprint density at radius 2 is 1.93 bits per heavy atom.